The van der Waals surface area contributed by atoms with Crippen LogP contribution in [0, 0.1) is 0 Å². The van der Waals surface area contributed by atoms with E-state index >= 15 is 0 Å². The van der Waals surface area contributed by atoms with Gasteiger partial charge in [0.25, 0.3) is 5.91 Å². The number of carboxylic acid groups (broad SMARTS) is 1. The minimum Gasteiger partial charge on any atom is -0.493 e. The average Bonchev–Trinajstić information content (AvgIpc) is 3.23. The van der Waals surface area contributed by atoms with Crippen molar-refractivity contribution in [3.63, 3.8) is 0 Å². The number of carbonyl (C=O) groups excluding carboxylic acids is 1. The number of amides is 1. The van der Waals surface area contributed by atoms with Gasteiger partial charge in [-0.05, 0) is 35.9 Å². The Kier molecular flexibility index (Phi) is 6.88. The number of halogens is 1. The number of hydrogen-bond acceptors (Lipinski definition) is 6. The molecule has 10 heteroatoms. The van der Waals surface area contributed by atoms with Crippen molar-refractivity contribution < 1.29 is 24.2 Å². The van der Waals surface area contributed by atoms with E-state index in [-0.39, 0.29) is 28.3 Å². The number of aromatic carboxylic acids is 1. The van der Waals surface area contributed by atoms with Gasteiger partial charge in [0.05, 0.1) is 27.0 Å². The van der Waals surface area contributed by atoms with E-state index in [0.717, 1.165) is 5.56 Å². The van der Waals surface area contributed by atoms with Crippen molar-refractivity contribution in [2.24, 2.45) is 5.10 Å². The maximum atomic E-state index is 12.3. The van der Waals surface area contributed by atoms with Crippen LogP contribution >= 0.6 is 11.6 Å². The fraction of sp³-hybridized carbons (Fsp3) is 0.143. The number of hydrazone groups is 1. The molecular weight excluding hydrogens is 424 g/mol. The van der Waals surface area contributed by atoms with E-state index in [9.17, 15) is 14.7 Å². The summed E-state index contributed by atoms with van der Waals surface area (Å²) in [5.74, 6) is -1.42. The van der Waals surface area contributed by atoms with Crippen molar-refractivity contribution in [3.8, 4) is 11.5 Å². The third-order valence-electron chi connectivity index (χ3n) is 4.29. The second-order valence-electron chi connectivity index (χ2n) is 6.29. The summed E-state index contributed by atoms with van der Waals surface area (Å²) in [7, 11) is 2.75. The average molecular weight is 443 g/mol. The first-order valence-electron chi connectivity index (χ1n) is 9.02. The van der Waals surface area contributed by atoms with Crippen LogP contribution in [-0.2, 0) is 6.54 Å². The molecule has 2 N–H and O–H groups in total. The Hall–Kier alpha value is -3.85. The molecule has 31 heavy (non-hydrogen) atoms. The Morgan fingerprint density at radius 2 is 1.90 bits per heavy atom. The van der Waals surface area contributed by atoms with Gasteiger partial charge in [0.15, 0.2) is 17.2 Å². The molecule has 3 aromatic rings. The molecule has 0 atom stereocenters. The molecule has 0 unspecified atom stereocenters. The van der Waals surface area contributed by atoms with Crippen molar-refractivity contribution in [2.75, 3.05) is 14.2 Å². The van der Waals surface area contributed by atoms with Gasteiger partial charge in [-0.1, -0.05) is 23.7 Å². The van der Waals surface area contributed by atoms with Crippen molar-refractivity contribution in [3.05, 3.63) is 76.1 Å². The highest BCUT2D eigenvalue weighted by Crippen LogP contribution is 2.32. The zero-order valence-electron chi connectivity index (χ0n) is 16.7. The number of nitrogens with one attached hydrogen (secondary N) is 1. The fourth-order valence-corrected chi connectivity index (χ4v) is 2.96. The molecule has 2 aromatic carbocycles. The van der Waals surface area contributed by atoms with Crippen LogP contribution in [0.2, 0.25) is 5.02 Å². The second-order valence-corrected chi connectivity index (χ2v) is 6.73. The van der Waals surface area contributed by atoms with Crippen molar-refractivity contribution in [1.29, 1.82) is 0 Å². The van der Waals surface area contributed by atoms with Gasteiger partial charge in [0.2, 0.25) is 0 Å². The molecule has 0 bridgehead atoms. The number of carboxylic acids is 1. The molecular formula is C21H19ClN4O5. The number of nitrogens with zero attached hydrogens (tertiary/aromatic N) is 3. The molecule has 0 aliphatic rings. The lowest BCUT2D eigenvalue weighted by Crippen LogP contribution is -2.19. The normalized spacial score (nSPS) is 10.8. The summed E-state index contributed by atoms with van der Waals surface area (Å²) >= 11 is 5.88. The molecule has 0 fully saturated rings. The van der Waals surface area contributed by atoms with Gasteiger partial charge in [0.1, 0.15) is 5.56 Å². The minimum atomic E-state index is -1.22. The molecule has 0 saturated carbocycles. The zero-order chi connectivity index (χ0) is 22.4. The first kappa shape index (κ1) is 21.8. The Bertz CT molecular complexity index is 1130. The Labute approximate surface area is 182 Å². The van der Waals surface area contributed by atoms with Gasteiger partial charge in [0, 0.05) is 16.8 Å². The van der Waals surface area contributed by atoms with Crippen LogP contribution in [-0.4, -0.2) is 47.2 Å². The first-order chi connectivity index (χ1) is 14.9. The molecule has 9 nitrogen and oxygen atoms in total. The van der Waals surface area contributed by atoms with E-state index in [1.165, 1.54) is 26.5 Å². The van der Waals surface area contributed by atoms with Gasteiger partial charge in [-0.15, -0.1) is 0 Å². The molecule has 1 amide bonds. The number of methoxy groups -OCH3 is 2. The van der Waals surface area contributed by atoms with Gasteiger partial charge in [-0.25, -0.2) is 10.2 Å². The lowest BCUT2D eigenvalue weighted by Gasteiger charge is -2.12. The summed E-state index contributed by atoms with van der Waals surface area (Å²) in [5.41, 5.74) is 3.58. The van der Waals surface area contributed by atoms with Crippen molar-refractivity contribution in [2.45, 2.75) is 6.54 Å². The highest BCUT2D eigenvalue weighted by Gasteiger charge is 2.20. The topological polar surface area (TPSA) is 115 Å². The first-order valence-corrected chi connectivity index (χ1v) is 9.40. The van der Waals surface area contributed by atoms with E-state index in [0.29, 0.717) is 11.6 Å². The van der Waals surface area contributed by atoms with Gasteiger partial charge in [-0.2, -0.15) is 10.2 Å². The summed E-state index contributed by atoms with van der Waals surface area (Å²) in [6.45, 7) is 0.474. The predicted molar refractivity (Wildman–Crippen MR) is 114 cm³/mol. The highest BCUT2D eigenvalue weighted by atomic mass is 35.5. The summed E-state index contributed by atoms with van der Waals surface area (Å²) in [4.78, 5) is 24.0. The molecule has 1 heterocycles. The minimum absolute atomic E-state index is 0.0613. The van der Waals surface area contributed by atoms with Crippen LogP contribution in [0.15, 0.2) is 53.8 Å². The molecule has 0 saturated heterocycles. The molecule has 0 aliphatic heterocycles. The van der Waals surface area contributed by atoms with E-state index in [4.69, 9.17) is 21.1 Å². The van der Waals surface area contributed by atoms with Crippen LogP contribution in [0.5, 0.6) is 11.5 Å². The summed E-state index contributed by atoms with van der Waals surface area (Å²) in [5, 5.41) is 18.2. The monoisotopic (exact) mass is 442 g/mol. The summed E-state index contributed by atoms with van der Waals surface area (Å²) in [6.07, 6.45) is 2.89. The predicted octanol–water partition coefficient (Wildman–Crippen LogP) is 3.06. The standard InChI is InChI=1S/C21H19ClN4O5/c1-30-17-8-5-14(18(21(28)29)19(17)31-2)11-23-24-20(27)16-9-10-26(25-16)12-13-3-6-15(22)7-4-13/h3-11H,12H2,1-2H3,(H,24,27)(H,28,29). The molecule has 0 spiro atoms. The van der Waals surface area contributed by atoms with Crippen LogP contribution in [0.25, 0.3) is 0 Å². The van der Waals surface area contributed by atoms with Crippen molar-refractivity contribution >= 4 is 29.7 Å². The largest absolute Gasteiger partial charge is 0.493 e. The van der Waals surface area contributed by atoms with Crippen LogP contribution in [0.4, 0.5) is 0 Å². The number of hydrogen-bond donors (Lipinski definition) is 2. The third-order valence-corrected chi connectivity index (χ3v) is 4.54. The van der Waals surface area contributed by atoms with E-state index in [1.807, 2.05) is 12.1 Å². The molecule has 0 radical (unpaired) electrons. The van der Waals surface area contributed by atoms with E-state index in [2.05, 4.69) is 15.6 Å². The van der Waals surface area contributed by atoms with Crippen molar-refractivity contribution in [1.82, 2.24) is 15.2 Å². The smallest absolute Gasteiger partial charge is 0.340 e. The molecule has 160 valence electrons. The van der Waals surface area contributed by atoms with Crippen LogP contribution in [0.1, 0.15) is 32.0 Å². The second kappa shape index (κ2) is 9.77. The quantitative estimate of drug-likeness (QED) is 0.409. The maximum absolute atomic E-state index is 12.3. The summed E-state index contributed by atoms with van der Waals surface area (Å²) < 4.78 is 11.9. The van der Waals surface area contributed by atoms with Crippen LogP contribution < -0.4 is 14.9 Å². The lowest BCUT2D eigenvalue weighted by molar-refractivity contribution is 0.0692. The van der Waals surface area contributed by atoms with Gasteiger partial charge < -0.3 is 14.6 Å². The Balaban J connectivity index is 1.70. The number of rotatable bonds is 8. The maximum Gasteiger partial charge on any atom is 0.340 e. The van der Waals surface area contributed by atoms with E-state index in [1.54, 1.807) is 35.1 Å². The fourth-order valence-electron chi connectivity index (χ4n) is 2.84. The number of carbonyl (C=O) groups is 2. The lowest BCUT2D eigenvalue weighted by atomic mass is 10.1. The van der Waals surface area contributed by atoms with Gasteiger partial charge >= 0.3 is 5.97 Å². The van der Waals surface area contributed by atoms with E-state index < -0.39 is 11.9 Å². The molecule has 1 aromatic heterocycles. The zero-order valence-corrected chi connectivity index (χ0v) is 17.5. The number of ether oxygens (including phenoxy) is 2. The number of benzene rings is 2. The van der Waals surface area contributed by atoms with Crippen LogP contribution in [0.3, 0.4) is 0 Å². The van der Waals surface area contributed by atoms with Gasteiger partial charge in [-0.3, -0.25) is 9.48 Å². The Morgan fingerprint density at radius 1 is 1.16 bits per heavy atom. The highest BCUT2D eigenvalue weighted by molar-refractivity contribution is 6.30. The molecule has 3 rings (SSSR count). The third kappa shape index (κ3) is 5.20. The summed E-state index contributed by atoms with van der Waals surface area (Å²) in [6, 6.07) is 11.9. The molecule has 0 aliphatic carbocycles. The number of aromatic nitrogens is 2. The Morgan fingerprint density at radius 3 is 2.55 bits per heavy atom. The SMILES string of the molecule is COc1ccc(C=NNC(=O)c2ccn(Cc3ccc(Cl)cc3)n2)c(C(=O)O)c1OC.